The highest BCUT2D eigenvalue weighted by Gasteiger charge is 2.30. The van der Waals surface area contributed by atoms with Crippen LogP contribution in [0, 0.1) is 5.92 Å². The lowest BCUT2D eigenvalue weighted by molar-refractivity contribution is -0.0137. The number of aliphatic hydroxyl groups excluding tert-OH is 1. The molecule has 0 spiro atoms. The van der Waals surface area contributed by atoms with E-state index in [-0.39, 0.29) is 30.6 Å². The Morgan fingerprint density at radius 1 is 1.10 bits per heavy atom. The number of hydrogen-bond donors (Lipinski definition) is 3. The fourth-order valence-corrected chi connectivity index (χ4v) is 4.64. The zero-order valence-electron chi connectivity index (χ0n) is 23.9. The van der Waals surface area contributed by atoms with Crippen molar-refractivity contribution >= 4 is 23.3 Å². The second kappa shape index (κ2) is 14.9. The van der Waals surface area contributed by atoms with Crippen molar-refractivity contribution in [3.05, 3.63) is 54.1 Å². The quantitative estimate of drug-likeness (QED) is 0.491. The van der Waals surface area contributed by atoms with E-state index >= 15 is 0 Å². The van der Waals surface area contributed by atoms with Crippen LogP contribution in [0.2, 0.25) is 0 Å². The Hall–Kier alpha value is -3.14. The van der Waals surface area contributed by atoms with E-state index in [1.807, 2.05) is 46.1 Å². The number of anilines is 2. The highest BCUT2D eigenvalue weighted by atomic mass is 16.5. The average Bonchev–Trinajstić information content (AvgIpc) is 2.90. The Kier molecular flexibility index (Phi) is 11.6. The summed E-state index contributed by atoms with van der Waals surface area (Å²) >= 11 is 0. The van der Waals surface area contributed by atoms with Crippen LogP contribution >= 0.6 is 0 Å². The number of aliphatic hydroxyl groups is 1. The van der Waals surface area contributed by atoms with Crippen molar-refractivity contribution in [2.24, 2.45) is 5.92 Å². The third-order valence-electron chi connectivity index (χ3n) is 6.89. The van der Waals surface area contributed by atoms with Crippen LogP contribution in [-0.4, -0.2) is 85.5 Å². The van der Waals surface area contributed by atoms with Crippen LogP contribution in [0.5, 0.6) is 5.75 Å². The number of rotatable bonds is 6. The van der Waals surface area contributed by atoms with E-state index in [9.17, 15) is 14.7 Å². The molecular weight excluding hydrogens is 496 g/mol. The number of amides is 3. The maximum absolute atomic E-state index is 14.1. The molecular formula is C30H44N4O5. The maximum Gasteiger partial charge on any atom is 0.323 e. The van der Waals surface area contributed by atoms with Crippen LogP contribution in [-0.2, 0) is 4.74 Å². The molecule has 2 aromatic rings. The van der Waals surface area contributed by atoms with Crippen LogP contribution in [0.1, 0.15) is 50.4 Å². The summed E-state index contributed by atoms with van der Waals surface area (Å²) in [4.78, 5) is 30.5. The van der Waals surface area contributed by atoms with Gasteiger partial charge < -0.3 is 35.0 Å². The van der Waals surface area contributed by atoms with E-state index < -0.39 is 12.1 Å². The van der Waals surface area contributed by atoms with Gasteiger partial charge in [0.25, 0.3) is 5.91 Å². The number of likely N-dealkylation sites (N-methyl/N-ethyl adjacent to an activating group) is 1. The molecule has 0 aromatic heterocycles. The minimum absolute atomic E-state index is 0.0227. The molecule has 39 heavy (non-hydrogen) atoms. The summed E-state index contributed by atoms with van der Waals surface area (Å²) in [6, 6.07) is 13.4. The smallest absolute Gasteiger partial charge is 0.323 e. The largest absolute Gasteiger partial charge is 0.490 e. The van der Waals surface area contributed by atoms with Crippen molar-refractivity contribution in [3.63, 3.8) is 0 Å². The molecule has 2 aromatic carbocycles. The lowest BCUT2D eigenvalue weighted by atomic mass is 10.0. The topological polar surface area (TPSA) is 103 Å². The predicted octanol–water partition coefficient (Wildman–Crippen LogP) is 4.69. The third kappa shape index (κ3) is 9.23. The number of urea groups is 1. The molecule has 0 fully saturated rings. The van der Waals surface area contributed by atoms with E-state index in [4.69, 9.17) is 9.47 Å². The molecule has 0 saturated heterocycles. The van der Waals surface area contributed by atoms with Crippen molar-refractivity contribution in [2.45, 2.75) is 58.3 Å². The van der Waals surface area contributed by atoms with E-state index in [1.54, 1.807) is 35.2 Å². The second-order valence-electron chi connectivity index (χ2n) is 10.7. The first-order valence-corrected chi connectivity index (χ1v) is 13.8. The molecule has 4 atom stereocenters. The molecule has 0 bridgehead atoms. The van der Waals surface area contributed by atoms with Crippen molar-refractivity contribution in [2.75, 3.05) is 51.0 Å². The molecule has 0 radical (unpaired) electrons. The van der Waals surface area contributed by atoms with E-state index in [0.29, 0.717) is 35.8 Å². The molecule has 3 N–H and O–H groups in total. The summed E-state index contributed by atoms with van der Waals surface area (Å²) in [6.07, 6.45) is 2.51. The standard InChI is InChI=1S/C30H44N4O5/c1-21-18-34(22(2)20-35)29(36)26-17-25(32-30(37)31-24-12-7-6-8-13-24)14-15-27(26)39-23(3)11-9-10-16-38-28(21)19-33(4)5/h6-8,12-15,17,21-23,28,35H,9-11,16,18-20H2,1-5H3,(H2,31,32,37)/t21-,22+,23-,28+/m1/s1. The summed E-state index contributed by atoms with van der Waals surface area (Å²) in [7, 11) is 4.02. The van der Waals surface area contributed by atoms with Crippen molar-refractivity contribution in [1.82, 2.24) is 9.80 Å². The Labute approximate surface area is 232 Å². The van der Waals surface area contributed by atoms with Gasteiger partial charge in [-0.25, -0.2) is 4.79 Å². The summed E-state index contributed by atoms with van der Waals surface area (Å²) in [5, 5.41) is 15.7. The van der Waals surface area contributed by atoms with Gasteiger partial charge in [-0.2, -0.15) is 0 Å². The molecule has 214 valence electrons. The van der Waals surface area contributed by atoms with Gasteiger partial charge in [-0.15, -0.1) is 0 Å². The fraction of sp³-hybridized carbons (Fsp3) is 0.533. The number of carbonyl (C=O) groups excluding carboxylic acids is 2. The van der Waals surface area contributed by atoms with Crippen LogP contribution in [0.3, 0.4) is 0 Å². The Bertz CT molecular complexity index is 1060. The van der Waals surface area contributed by atoms with Gasteiger partial charge in [0.05, 0.1) is 30.4 Å². The number of hydrogen-bond acceptors (Lipinski definition) is 6. The lowest BCUT2D eigenvalue weighted by Crippen LogP contribution is -2.47. The van der Waals surface area contributed by atoms with Gasteiger partial charge in [0.15, 0.2) is 0 Å². The van der Waals surface area contributed by atoms with E-state index in [2.05, 4.69) is 22.5 Å². The first-order valence-electron chi connectivity index (χ1n) is 13.8. The van der Waals surface area contributed by atoms with Gasteiger partial charge >= 0.3 is 6.03 Å². The average molecular weight is 541 g/mol. The fourth-order valence-electron chi connectivity index (χ4n) is 4.64. The summed E-state index contributed by atoms with van der Waals surface area (Å²) in [6.45, 7) is 7.50. The Morgan fingerprint density at radius 2 is 1.82 bits per heavy atom. The molecule has 0 saturated carbocycles. The number of benzene rings is 2. The minimum Gasteiger partial charge on any atom is -0.490 e. The Morgan fingerprint density at radius 3 is 2.51 bits per heavy atom. The number of fused-ring (bicyclic) bond motifs is 1. The predicted molar refractivity (Wildman–Crippen MR) is 155 cm³/mol. The van der Waals surface area contributed by atoms with Crippen LogP contribution in [0.25, 0.3) is 0 Å². The molecule has 3 amide bonds. The molecule has 1 aliphatic rings. The van der Waals surface area contributed by atoms with Gasteiger partial charge in [-0.3, -0.25) is 4.79 Å². The maximum atomic E-state index is 14.1. The highest BCUT2D eigenvalue weighted by Crippen LogP contribution is 2.28. The molecule has 1 heterocycles. The number of ether oxygens (including phenoxy) is 2. The van der Waals surface area contributed by atoms with Crippen molar-refractivity contribution in [1.29, 1.82) is 0 Å². The molecule has 0 unspecified atom stereocenters. The highest BCUT2D eigenvalue weighted by molar-refractivity contribution is 6.02. The summed E-state index contributed by atoms with van der Waals surface area (Å²) in [5.41, 5.74) is 1.47. The summed E-state index contributed by atoms with van der Waals surface area (Å²) < 4.78 is 12.5. The number of carbonyl (C=O) groups is 2. The van der Waals surface area contributed by atoms with Gasteiger partial charge in [0.1, 0.15) is 5.75 Å². The molecule has 3 rings (SSSR count). The van der Waals surface area contributed by atoms with Gasteiger partial charge in [-0.05, 0) is 77.5 Å². The number of para-hydroxylation sites is 1. The van der Waals surface area contributed by atoms with Crippen molar-refractivity contribution in [3.8, 4) is 5.75 Å². The second-order valence-corrected chi connectivity index (χ2v) is 10.7. The van der Waals surface area contributed by atoms with Crippen LogP contribution in [0.4, 0.5) is 16.2 Å². The number of nitrogens with zero attached hydrogens (tertiary/aromatic N) is 2. The van der Waals surface area contributed by atoms with Gasteiger partial charge in [-0.1, -0.05) is 25.1 Å². The zero-order valence-corrected chi connectivity index (χ0v) is 23.9. The normalized spacial score (nSPS) is 21.9. The monoisotopic (exact) mass is 540 g/mol. The SMILES string of the molecule is C[C@@H]1CCCCO[C@@H](CN(C)C)[C@H](C)CN([C@@H](C)CO)C(=O)c2cc(NC(=O)Nc3ccccc3)ccc2O1. The van der Waals surface area contributed by atoms with Gasteiger partial charge in [0, 0.05) is 37.0 Å². The Balaban J connectivity index is 1.93. The zero-order chi connectivity index (χ0) is 28.4. The lowest BCUT2D eigenvalue weighted by Gasteiger charge is -2.35. The summed E-state index contributed by atoms with van der Waals surface area (Å²) in [5.74, 6) is 0.218. The van der Waals surface area contributed by atoms with E-state index in [0.717, 1.165) is 25.8 Å². The molecule has 0 aliphatic carbocycles. The number of nitrogens with one attached hydrogen (secondary N) is 2. The first kappa shape index (κ1) is 30.4. The van der Waals surface area contributed by atoms with Crippen LogP contribution in [0.15, 0.2) is 48.5 Å². The molecule has 9 heteroatoms. The first-order chi connectivity index (χ1) is 18.7. The minimum atomic E-state index is -0.420. The molecule has 1 aliphatic heterocycles. The van der Waals surface area contributed by atoms with Crippen molar-refractivity contribution < 1.29 is 24.2 Å². The van der Waals surface area contributed by atoms with E-state index in [1.165, 1.54) is 0 Å². The van der Waals surface area contributed by atoms with Gasteiger partial charge in [0.2, 0.25) is 0 Å². The van der Waals surface area contributed by atoms with Crippen LogP contribution < -0.4 is 15.4 Å². The molecule has 9 nitrogen and oxygen atoms in total. The third-order valence-corrected chi connectivity index (χ3v) is 6.89.